The molecule has 7 heteroatoms. The van der Waals surface area contributed by atoms with Gasteiger partial charge in [-0.3, -0.25) is 4.79 Å². The zero-order valence-corrected chi connectivity index (χ0v) is 15.1. The normalized spacial score (nSPS) is 17.8. The van der Waals surface area contributed by atoms with Crippen LogP contribution in [0.3, 0.4) is 0 Å². The Bertz CT molecular complexity index is 776. The maximum Gasteiger partial charge on any atom is 0.265 e. The van der Waals surface area contributed by atoms with Crippen LogP contribution in [0.25, 0.3) is 10.6 Å². The molecule has 2 heterocycles. The van der Waals surface area contributed by atoms with Gasteiger partial charge in [-0.15, -0.1) is 11.3 Å². The third kappa shape index (κ3) is 3.88. The number of aromatic nitrogens is 1. The van der Waals surface area contributed by atoms with E-state index in [0.717, 1.165) is 38.1 Å². The summed E-state index contributed by atoms with van der Waals surface area (Å²) in [4.78, 5) is 19.7. The van der Waals surface area contributed by atoms with Gasteiger partial charge in [0.2, 0.25) is 0 Å². The highest BCUT2D eigenvalue weighted by molar-refractivity contribution is 7.17. The number of halogens is 2. The van der Waals surface area contributed by atoms with Crippen molar-refractivity contribution in [2.75, 3.05) is 19.6 Å². The summed E-state index contributed by atoms with van der Waals surface area (Å²) in [5.41, 5.74) is 1.11. The van der Waals surface area contributed by atoms with Crippen LogP contribution in [0.5, 0.6) is 0 Å². The molecule has 3 rings (SSSR count). The van der Waals surface area contributed by atoms with E-state index in [2.05, 4.69) is 17.2 Å². The molecule has 0 bridgehead atoms. The van der Waals surface area contributed by atoms with Crippen molar-refractivity contribution in [3.8, 4) is 10.6 Å². The first-order valence-electron chi connectivity index (χ1n) is 8.45. The quantitative estimate of drug-likeness (QED) is 0.900. The average Bonchev–Trinajstić information content (AvgIpc) is 2.99. The number of nitrogens with zero attached hydrogens (tertiary/aromatic N) is 2. The lowest BCUT2D eigenvalue weighted by molar-refractivity contribution is 0.0699. The number of carbonyl (C=O) groups is 1. The Balaban J connectivity index is 1.82. The van der Waals surface area contributed by atoms with E-state index >= 15 is 0 Å². The molecule has 1 fully saturated rings. The predicted molar refractivity (Wildman–Crippen MR) is 94.8 cm³/mol. The van der Waals surface area contributed by atoms with Crippen LogP contribution in [-0.4, -0.2) is 41.5 Å². The van der Waals surface area contributed by atoms with Crippen LogP contribution in [0, 0.1) is 18.6 Å². The van der Waals surface area contributed by atoms with Gasteiger partial charge in [0.1, 0.15) is 9.88 Å². The molecule has 1 amide bonds. The van der Waals surface area contributed by atoms with E-state index in [9.17, 15) is 13.6 Å². The molecule has 0 saturated carbocycles. The third-order valence-electron chi connectivity index (χ3n) is 4.36. The molecule has 25 heavy (non-hydrogen) atoms. The number of hydrogen-bond donors (Lipinski definition) is 1. The molecule has 2 aromatic rings. The molecule has 0 spiro atoms. The molecule has 134 valence electrons. The predicted octanol–water partition coefficient (Wildman–Crippen LogP) is 3.61. The number of piperidine rings is 1. The Labute approximate surface area is 149 Å². The van der Waals surface area contributed by atoms with Gasteiger partial charge in [-0.2, -0.15) is 0 Å². The van der Waals surface area contributed by atoms with Crippen molar-refractivity contribution < 1.29 is 13.6 Å². The Morgan fingerprint density at radius 1 is 1.40 bits per heavy atom. The largest absolute Gasteiger partial charge is 0.336 e. The topological polar surface area (TPSA) is 45.2 Å². The number of thiazole rings is 1. The van der Waals surface area contributed by atoms with Crippen molar-refractivity contribution >= 4 is 17.2 Å². The van der Waals surface area contributed by atoms with Crippen LogP contribution in [0.1, 0.15) is 35.1 Å². The molecule has 4 nitrogen and oxygen atoms in total. The van der Waals surface area contributed by atoms with Gasteiger partial charge in [0.05, 0.1) is 5.69 Å². The highest BCUT2D eigenvalue weighted by atomic mass is 32.1. The fraction of sp³-hybridized carbons (Fsp3) is 0.444. The molecule has 1 aromatic heterocycles. The fourth-order valence-corrected chi connectivity index (χ4v) is 4.14. The number of nitrogens with one attached hydrogen (secondary N) is 1. The van der Waals surface area contributed by atoms with Gasteiger partial charge in [-0.1, -0.05) is 6.92 Å². The lowest BCUT2D eigenvalue weighted by Crippen LogP contribution is -2.47. The zero-order chi connectivity index (χ0) is 18.0. The smallest absolute Gasteiger partial charge is 0.265 e. The lowest BCUT2D eigenvalue weighted by Gasteiger charge is -2.33. The first-order chi connectivity index (χ1) is 12.0. The summed E-state index contributed by atoms with van der Waals surface area (Å²) in [7, 11) is 0. The summed E-state index contributed by atoms with van der Waals surface area (Å²) in [6.45, 7) is 6.14. The maximum absolute atomic E-state index is 13.5. The van der Waals surface area contributed by atoms with E-state index < -0.39 is 11.6 Å². The van der Waals surface area contributed by atoms with Gasteiger partial charge in [0, 0.05) is 24.7 Å². The molecule has 0 aliphatic carbocycles. The van der Waals surface area contributed by atoms with E-state index in [1.54, 1.807) is 6.92 Å². The highest BCUT2D eigenvalue weighted by Crippen LogP contribution is 2.30. The number of aryl methyl sites for hydroxylation is 1. The highest BCUT2D eigenvalue weighted by Gasteiger charge is 2.27. The van der Waals surface area contributed by atoms with Crippen LogP contribution >= 0.6 is 11.3 Å². The number of likely N-dealkylation sites (tertiary alicyclic amines) is 1. The number of likely N-dealkylation sites (N-methyl/N-ethyl adjacent to an activating group) is 1. The Morgan fingerprint density at radius 2 is 2.20 bits per heavy atom. The van der Waals surface area contributed by atoms with E-state index in [1.165, 1.54) is 17.4 Å². The second-order valence-corrected chi connectivity index (χ2v) is 7.21. The van der Waals surface area contributed by atoms with E-state index in [1.807, 2.05) is 4.90 Å². The number of benzene rings is 1. The van der Waals surface area contributed by atoms with Crippen molar-refractivity contribution in [1.82, 2.24) is 15.2 Å². The van der Waals surface area contributed by atoms with E-state index in [4.69, 9.17) is 0 Å². The van der Waals surface area contributed by atoms with Crippen LogP contribution in [0.2, 0.25) is 0 Å². The van der Waals surface area contributed by atoms with Crippen molar-refractivity contribution in [3.05, 3.63) is 40.4 Å². The third-order valence-corrected chi connectivity index (χ3v) is 5.55. The molecule has 1 atom stereocenters. The van der Waals surface area contributed by atoms with Gasteiger partial charge in [-0.05, 0) is 44.5 Å². The van der Waals surface area contributed by atoms with Crippen LogP contribution in [-0.2, 0) is 0 Å². The first-order valence-corrected chi connectivity index (χ1v) is 9.26. The number of carbonyl (C=O) groups excluding carboxylic acids is 1. The molecule has 1 aromatic carbocycles. The summed E-state index contributed by atoms with van der Waals surface area (Å²) in [5.74, 6) is -1.84. The van der Waals surface area contributed by atoms with Gasteiger partial charge < -0.3 is 10.2 Å². The Morgan fingerprint density at radius 3 is 2.92 bits per heavy atom. The fourth-order valence-electron chi connectivity index (χ4n) is 3.11. The second-order valence-electron chi connectivity index (χ2n) is 6.21. The summed E-state index contributed by atoms with van der Waals surface area (Å²) in [6, 6.07) is 3.99. The molecule has 1 aliphatic rings. The molecule has 0 radical (unpaired) electrons. The van der Waals surface area contributed by atoms with E-state index in [0.29, 0.717) is 33.7 Å². The molecule has 1 unspecified atom stereocenters. The number of rotatable bonds is 4. The van der Waals surface area contributed by atoms with Crippen LogP contribution < -0.4 is 5.32 Å². The molecular weight excluding hydrogens is 344 g/mol. The lowest BCUT2D eigenvalue weighted by atomic mass is 10.1. The maximum atomic E-state index is 13.5. The van der Waals surface area contributed by atoms with Gasteiger partial charge in [0.15, 0.2) is 11.6 Å². The second kappa shape index (κ2) is 7.58. The monoisotopic (exact) mass is 365 g/mol. The van der Waals surface area contributed by atoms with E-state index in [-0.39, 0.29) is 5.91 Å². The number of hydrogen-bond acceptors (Lipinski definition) is 4. The summed E-state index contributed by atoms with van der Waals surface area (Å²) >= 11 is 1.23. The van der Waals surface area contributed by atoms with Crippen molar-refractivity contribution in [3.63, 3.8) is 0 Å². The minimum Gasteiger partial charge on any atom is -0.336 e. The Kier molecular flexibility index (Phi) is 5.44. The van der Waals surface area contributed by atoms with Crippen LogP contribution in [0.15, 0.2) is 18.2 Å². The minimum atomic E-state index is -0.914. The van der Waals surface area contributed by atoms with Crippen molar-refractivity contribution in [2.24, 2.45) is 0 Å². The average molecular weight is 365 g/mol. The zero-order valence-electron chi connectivity index (χ0n) is 14.3. The summed E-state index contributed by atoms with van der Waals surface area (Å²) in [6.07, 6.45) is 2.04. The molecule has 1 aliphatic heterocycles. The summed E-state index contributed by atoms with van der Waals surface area (Å²) < 4.78 is 26.6. The van der Waals surface area contributed by atoms with Crippen molar-refractivity contribution in [1.29, 1.82) is 0 Å². The molecule has 1 N–H and O–H groups in total. The molecule has 1 saturated heterocycles. The Hall–Kier alpha value is -1.86. The SMILES string of the molecule is CCNC1CCCN(C(=O)c2sc(-c3ccc(F)c(F)c3)nc2C)C1. The first kappa shape index (κ1) is 17.9. The van der Waals surface area contributed by atoms with Gasteiger partial charge in [-0.25, -0.2) is 13.8 Å². The number of amides is 1. The summed E-state index contributed by atoms with van der Waals surface area (Å²) in [5, 5.41) is 3.92. The minimum absolute atomic E-state index is 0.0357. The van der Waals surface area contributed by atoms with Crippen molar-refractivity contribution in [2.45, 2.75) is 32.7 Å². The standard InChI is InChI=1S/C18H21F2N3OS/c1-3-21-13-5-4-8-23(10-13)18(24)16-11(2)22-17(25-16)12-6-7-14(19)15(20)9-12/h6-7,9,13,21H,3-5,8,10H2,1-2H3. The van der Waals surface area contributed by atoms with Crippen LogP contribution in [0.4, 0.5) is 8.78 Å². The van der Waals surface area contributed by atoms with Gasteiger partial charge in [0.25, 0.3) is 5.91 Å². The van der Waals surface area contributed by atoms with Gasteiger partial charge >= 0.3 is 0 Å². The molecular formula is C18H21F2N3OS.